The predicted molar refractivity (Wildman–Crippen MR) is 52.2 cm³/mol. The number of amides is 1. The summed E-state index contributed by atoms with van der Waals surface area (Å²) in [5.74, 6) is 4.68. The number of hydrogen-bond acceptors (Lipinski definition) is 4. The highest BCUT2D eigenvalue weighted by Crippen LogP contribution is 2.02. The smallest absolute Gasteiger partial charge is 0.449 e. The lowest BCUT2D eigenvalue weighted by molar-refractivity contribution is 0.0953. The third-order valence-corrected chi connectivity index (χ3v) is 1.91. The van der Waals surface area contributed by atoms with Crippen LogP contribution in [0.15, 0.2) is 23.4 Å². The van der Waals surface area contributed by atoms with Crippen LogP contribution in [0.1, 0.15) is 15.9 Å². The lowest BCUT2D eigenvalue weighted by atomic mass is 9.82. The number of carbonyl (C=O) groups is 1. The fourth-order valence-corrected chi connectivity index (χ4v) is 1.19. The minimum atomic E-state index is -0.330. The van der Waals surface area contributed by atoms with Crippen molar-refractivity contribution in [2.75, 3.05) is 0 Å². The molecule has 0 spiro atoms. The molecule has 2 rings (SSSR count). The molecule has 0 unspecified atom stereocenters. The standard InChI is InChI=1S/C8H7BN3O2/c10-12-8(13)5-1-2-6-4-11-14-9-7(6)3-5/h1-4H,10H2,(H,12,13). The number of rotatable bonds is 1. The van der Waals surface area contributed by atoms with Gasteiger partial charge in [0.05, 0.1) is 6.21 Å². The summed E-state index contributed by atoms with van der Waals surface area (Å²) in [6, 6.07) is 5.14. The molecule has 0 saturated carbocycles. The number of hydrazine groups is 1. The Balaban J connectivity index is 2.39. The van der Waals surface area contributed by atoms with Gasteiger partial charge in [-0.1, -0.05) is 12.1 Å². The van der Waals surface area contributed by atoms with E-state index in [0.717, 1.165) is 11.0 Å². The molecule has 0 atom stereocenters. The van der Waals surface area contributed by atoms with Gasteiger partial charge in [-0.3, -0.25) is 10.2 Å². The zero-order chi connectivity index (χ0) is 9.97. The van der Waals surface area contributed by atoms with Gasteiger partial charge in [-0.25, -0.2) is 5.84 Å². The summed E-state index contributed by atoms with van der Waals surface area (Å²) < 4.78 is 4.75. The molecule has 0 saturated heterocycles. The van der Waals surface area contributed by atoms with Gasteiger partial charge in [0.1, 0.15) is 0 Å². The quantitative estimate of drug-likeness (QED) is 0.254. The van der Waals surface area contributed by atoms with Crippen LogP contribution in [0.2, 0.25) is 0 Å². The van der Waals surface area contributed by atoms with E-state index in [0.29, 0.717) is 5.56 Å². The number of nitrogens with one attached hydrogen (secondary N) is 1. The molecule has 1 aromatic rings. The van der Waals surface area contributed by atoms with Crippen molar-refractivity contribution in [3.8, 4) is 0 Å². The minimum absolute atomic E-state index is 0.330. The highest BCUT2D eigenvalue weighted by Gasteiger charge is 2.12. The molecule has 69 valence electrons. The predicted octanol–water partition coefficient (Wildman–Crippen LogP) is -1.10. The van der Waals surface area contributed by atoms with Gasteiger partial charge in [0.25, 0.3) is 5.91 Å². The Morgan fingerprint density at radius 3 is 3.21 bits per heavy atom. The average Bonchev–Trinajstić information content (AvgIpc) is 2.27. The second-order valence-electron chi connectivity index (χ2n) is 2.77. The molecule has 1 aromatic carbocycles. The summed E-state index contributed by atoms with van der Waals surface area (Å²) in [7, 11) is 1.47. The van der Waals surface area contributed by atoms with Gasteiger partial charge in [0, 0.05) is 5.56 Å². The van der Waals surface area contributed by atoms with Crippen LogP contribution in [-0.2, 0) is 4.76 Å². The van der Waals surface area contributed by atoms with Crippen molar-refractivity contribution in [3.63, 3.8) is 0 Å². The Labute approximate surface area is 81.2 Å². The van der Waals surface area contributed by atoms with E-state index in [9.17, 15) is 4.79 Å². The Bertz CT molecular complexity index is 406. The molecule has 0 bridgehead atoms. The van der Waals surface area contributed by atoms with E-state index in [1.54, 1.807) is 24.4 Å². The molecule has 0 fully saturated rings. The normalized spacial score (nSPS) is 12.4. The largest absolute Gasteiger partial charge is 0.468 e. The molecule has 0 aromatic heterocycles. The van der Waals surface area contributed by atoms with Crippen LogP contribution < -0.4 is 16.7 Å². The molecular formula is C8H7BN3O2. The van der Waals surface area contributed by atoms with Crippen LogP contribution in [0, 0.1) is 0 Å². The van der Waals surface area contributed by atoms with Crippen LogP contribution in [0.4, 0.5) is 0 Å². The van der Waals surface area contributed by atoms with Crippen LogP contribution >= 0.6 is 0 Å². The van der Waals surface area contributed by atoms with E-state index < -0.39 is 0 Å². The molecule has 1 aliphatic heterocycles. The summed E-state index contributed by atoms with van der Waals surface area (Å²) >= 11 is 0. The fraction of sp³-hybridized carbons (Fsp3) is 0. The minimum Gasteiger partial charge on any atom is -0.468 e. The molecule has 6 heteroatoms. The molecule has 1 aliphatic rings. The Morgan fingerprint density at radius 1 is 1.57 bits per heavy atom. The van der Waals surface area contributed by atoms with Gasteiger partial charge in [0.2, 0.25) is 0 Å². The van der Waals surface area contributed by atoms with Crippen molar-refractivity contribution < 1.29 is 9.55 Å². The first-order chi connectivity index (χ1) is 6.81. The van der Waals surface area contributed by atoms with Gasteiger partial charge in [-0.05, 0) is 17.1 Å². The van der Waals surface area contributed by atoms with Crippen LogP contribution in [0.25, 0.3) is 0 Å². The third-order valence-electron chi connectivity index (χ3n) is 1.91. The van der Waals surface area contributed by atoms with Crippen molar-refractivity contribution in [1.29, 1.82) is 0 Å². The first-order valence-electron chi connectivity index (χ1n) is 3.98. The van der Waals surface area contributed by atoms with Crippen LogP contribution in [0.5, 0.6) is 0 Å². The highest BCUT2D eigenvalue weighted by atomic mass is 16.6. The van der Waals surface area contributed by atoms with E-state index >= 15 is 0 Å². The number of fused-ring (bicyclic) bond motifs is 1. The maximum Gasteiger partial charge on any atom is 0.449 e. The lowest BCUT2D eigenvalue weighted by Crippen LogP contribution is -2.32. The molecule has 5 nitrogen and oxygen atoms in total. The van der Waals surface area contributed by atoms with Crippen molar-refractivity contribution in [1.82, 2.24) is 5.43 Å². The fourth-order valence-electron chi connectivity index (χ4n) is 1.19. The molecule has 1 radical (unpaired) electrons. The number of nitrogens with zero attached hydrogens (tertiary/aromatic N) is 1. The number of nitrogen functional groups attached to an aromatic ring is 1. The van der Waals surface area contributed by atoms with Crippen molar-refractivity contribution in [3.05, 3.63) is 29.3 Å². The maximum atomic E-state index is 11.2. The van der Waals surface area contributed by atoms with Crippen molar-refractivity contribution in [2.45, 2.75) is 0 Å². The number of hydrogen-bond donors (Lipinski definition) is 2. The lowest BCUT2D eigenvalue weighted by Gasteiger charge is -2.09. The summed E-state index contributed by atoms with van der Waals surface area (Å²) in [5.41, 5.74) is 4.26. The Morgan fingerprint density at radius 2 is 2.43 bits per heavy atom. The molecule has 14 heavy (non-hydrogen) atoms. The van der Waals surface area contributed by atoms with Crippen molar-refractivity contribution >= 4 is 25.1 Å². The van der Waals surface area contributed by atoms with Gasteiger partial charge in [0.15, 0.2) is 0 Å². The summed E-state index contributed by atoms with van der Waals surface area (Å²) in [5, 5.41) is 3.61. The highest BCUT2D eigenvalue weighted by molar-refractivity contribution is 6.50. The molecular weight excluding hydrogens is 181 g/mol. The zero-order valence-corrected chi connectivity index (χ0v) is 7.23. The van der Waals surface area contributed by atoms with Gasteiger partial charge < -0.3 is 4.76 Å². The van der Waals surface area contributed by atoms with E-state index in [4.69, 9.17) is 10.6 Å². The first-order valence-corrected chi connectivity index (χ1v) is 3.98. The molecule has 1 heterocycles. The zero-order valence-electron chi connectivity index (χ0n) is 7.23. The third kappa shape index (κ3) is 1.47. The van der Waals surface area contributed by atoms with E-state index in [-0.39, 0.29) is 5.91 Å². The molecule has 0 aliphatic carbocycles. The topological polar surface area (TPSA) is 76.7 Å². The SMILES string of the molecule is NNC(=O)c1ccc2c(c1)[B]ON=C2. The van der Waals surface area contributed by atoms with Gasteiger partial charge in [-0.15, -0.1) is 5.16 Å². The number of nitrogens with two attached hydrogens (primary N) is 1. The van der Waals surface area contributed by atoms with Gasteiger partial charge >= 0.3 is 7.48 Å². The summed E-state index contributed by atoms with van der Waals surface area (Å²) in [6.45, 7) is 0. The Kier molecular flexibility index (Phi) is 2.20. The van der Waals surface area contributed by atoms with E-state index in [1.165, 1.54) is 7.48 Å². The van der Waals surface area contributed by atoms with Crippen molar-refractivity contribution in [2.24, 2.45) is 11.0 Å². The number of oxime groups is 1. The molecule has 1 amide bonds. The van der Waals surface area contributed by atoms with E-state index in [1.807, 2.05) is 0 Å². The maximum absolute atomic E-state index is 11.2. The van der Waals surface area contributed by atoms with Crippen LogP contribution in [-0.4, -0.2) is 19.6 Å². The second-order valence-corrected chi connectivity index (χ2v) is 2.77. The number of benzene rings is 1. The van der Waals surface area contributed by atoms with E-state index in [2.05, 4.69) is 10.6 Å². The molecule has 3 N–H and O–H groups in total. The van der Waals surface area contributed by atoms with Gasteiger partial charge in [-0.2, -0.15) is 0 Å². The Hall–Kier alpha value is -1.82. The van der Waals surface area contributed by atoms with Crippen LogP contribution in [0.3, 0.4) is 0 Å². The number of carbonyl (C=O) groups excluding carboxylic acids is 1. The summed E-state index contributed by atoms with van der Waals surface area (Å²) in [6.07, 6.45) is 1.58. The summed E-state index contributed by atoms with van der Waals surface area (Å²) in [4.78, 5) is 11.2. The first kappa shape index (κ1) is 8.77. The monoisotopic (exact) mass is 188 g/mol. The second kappa shape index (κ2) is 3.51. The average molecular weight is 188 g/mol.